The van der Waals surface area contributed by atoms with Gasteiger partial charge in [0.1, 0.15) is 0 Å². The van der Waals surface area contributed by atoms with Crippen molar-refractivity contribution in [1.82, 2.24) is 4.98 Å². The van der Waals surface area contributed by atoms with Crippen LogP contribution in [0, 0.1) is 0 Å². The number of ketones is 1. The number of Topliss-reactive ketones (excluding diaryl/α,β-unsaturated/α-hetero) is 1. The molecule has 0 aliphatic carbocycles. The number of benzene rings is 3. The Morgan fingerprint density at radius 1 is 0.879 bits per heavy atom. The average Bonchev–Trinajstić information content (AvgIpc) is 2.86. The Labute approximate surface area is 194 Å². The molecule has 4 aromatic rings. The molecule has 0 N–H and O–H groups in total. The summed E-state index contributed by atoms with van der Waals surface area (Å²) < 4.78 is 5.74. The van der Waals surface area contributed by atoms with Gasteiger partial charge in [0.15, 0.2) is 6.10 Å². The number of rotatable bonds is 7. The molecule has 4 heteroatoms. The number of aromatic nitrogens is 1. The van der Waals surface area contributed by atoms with Crippen LogP contribution in [0.3, 0.4) is 0 Å². The fourth-order valence-electron chi connectivity index (χ4n) is 3.83. The van der Waals surface area contributed by atoms with Crippen LogP contribution >= 0.6 is 0 Å². The van der Waals surface area contributed by atoms with Gasteiger partial charge in [0.25, 0.3) is 0 Å². The minimum atomic E-state index is -0.847. The van der Waals surface area contributed by atoms with Gasteiger partial charge < -0.3 is 4.74 Å². The highest BCUT2D eigenvalue weighted by molar-refractivity contribution is 6.06. The summed E-state index contributed by atoms with van der Waals surface area (Å²) in [4.78, 5) is 31.0. The molecule has 0 amide bonds. The van der Waals surface area contributed by atoms with Crippen molar-refractivity contribution in [1.29, 1.82) is 0 Å². The summed E-state index contributed by atoms with van der Waals surface area (Å²) in [5.41, 5.74) is 4.50. The maximum atomic E-state index is 13.3. The van der Waals surface area contributed by atoms with Crippen molar-refractivity contribution in [3.63, 3.8) is 0 Å². The number of hydrogen-bond donors (Lipinski definition) is 0. The van der Waals surface area contributed by atoms with Crippen molar-refractivity contribution in [3.8, 4) is 11.3 Å². The van der Waals surface area contributed by atoms with E-state index < -0.39 is 12.1 Å². The van der Waals surface area contributed by atoms with Crippen molar-refractivity contribution in [2.24, 2.45) is 0 Å². The van der Waals surface area contributed by atoms with E-state index in [9.17, 15) is 9.59 Å². The molecule has 4 rings (SSSR count). The number of esters is 1. The Morgan fingerprint density at radius 3 is 2.21 bits per heavy atom. The molecule has 3 aromatic carbocycles. The van der Waals surface area contributed by atoms with Crippen LogP contribution in [0.2, 0.25) is 0 Å². The molecule has 0 spiro atoms. The molecular formula is C29H27NO3. The summed E-state index contributed by atoms with van der Waals surface area (Å²) >= 11 is 0. The fraction of sp³-hybridized carbons (Fsp3) is 0.207. The molecule has 33 heavy (non-hydrogen) atoms. The normalized spacial score (nSPS) is 12.0. The van der Waals surface area contributed by atoms with Crippen LogP contribution in [0.15, 0.2) is 84.9 Å². The van der Waals surface area contributed by atoms with Crippen LogP contribution < -0.4 is 0 Å². The van der Waals surface area contributed by atoms with Crippen molar-refractivity contribution in [2.45, 2.75) is 39.2 Å². The second-order valence-corrected chi connectivity index (χ2v) is 8.38. The summed E-state index contributed by atoms with van der Waals surface area (Å²) in [6, 6.07) is 26.4. The second kappa shape index (κ2) is 9.78. The molecule has 0 saturated heterocycles. The van der Waals surface area contributed by atoms with Gasteiger partial charge in [-0.3, -0.25) is 4.79 Å². The molecule has 0 radical (unpaired) electrons. The third kappa shape index (κ3) is 4.85. The summed E-state index contributed by atoms with van der Waals surface area (Å²) in [6.07, 6.45) is -0.452. The number of nitrogens with zero attached hydrogens (tertiary/aromatic N) is 1. The fourth-order valence-corrected chi connectivity index (χ4v) is 3.83. The highest BCUT2D eigenvalue weighted by Gasteiger charge is 2.24. The number of para-hydroxylation sites is 1. The number of fused-ring (bicyclic) bond motifs is 1. The van der Waals surface area contributed by atoms with Gasteiger partial charge in [-0.15, -0.1) is 0 Å². The first kappa shape index (κ1) is 22.4. The molecule has 0 aliphatic rings. The third-order valence-electron chi connectivity index (χ3n) is 5.78. The van der Waals surface area contributed by atoms with Gasteiger partial charge >= 0.3 is 5.97 Å². The largest absolute Gasteiger partial charge is 0.450 e. The molecule has 0 fully saturated rings. The minimum absolute atomic E-state index is 0.200. The molecule has 0 aliphatic heterocycles. The van der Waals surface area contributed by atoms with Gasteiger partial charge in [0, 0.05) is 16.5 Å². The van der Waals surface area contributed by atoms with Crippen LogP contribution in [0.5, 0.6) is 0 Å². The van der Waals surface area contributed by atoms with Crippen molar-refractivity contribution in [3.05, 3.63) is 102 Å². The number of hydrogen-bond acceptors (Lipinski definition) is 4. The van der Waals surface area contributed by atoms with Crippen molar-refractivity contribution < 1.29 is 14.3 Å². The average molecular weight is 438 g/mol. The maximum Gasteiger partial charge on any atom is 0.339 e. The number of carbonyl (C=O) groups excluding carboxylic acids is 2. The summed E-state index contributed by atoms with van der Waals surface area (Å²) in [7, 11) is 0. The van der Waals surface area contributed by atoms with E-state index in [2.05, 4.69) is 26.0 Å². The van der Waals surface area contributed by atoms with E-state index in [0.717, 1.165) is 5.56 Å². The maximum absolute atomic E-state index is 13.3. The van der Waals surface area contributed by atoms with Crippen molar-refractivity contribution in [2.75, 3.05) is 0 Å². The van der Waals surface area contributed by atoms with Gasteiger partial charge in [0.05, 0.1) is 16.8 Å². The quantitative estimate of drug-likeness (QED) is 0.234. The lowest BCUT2D eigenvalue weighted by molar-refractivity contribution is 0.0279. The lowest BCUT2D eigenvalue weighted by atomic mass is 9.99. The van der Waals surface area contributed by atoms with Crippen LogP contribution in [0.1, 0.15) is 59.4 Å². The summed E-state index contributed by atoms with van der Waals surface area (Å²) in [6.45, 7) is 6.14. The van der Waals surface area contributed by atoms with E-state index >= 15 is 0 Å². The first-order chi connectivity index (χ1) is 16.0. The van der Waals surface area contributed by atoms with Gasteiger partial charge in [-0.25, -0.2) is 9.78 Å². The molecule has 1 unspecified atom stereocenters. The minimum Gasteiger partial charge on any atom is -0.450 e. The Hall–Kier alpha value is -3.79. The molecule has 1 heterocycles. The smallest absolute Gasteiger partial charge is 0.339 e. The Kier molecular flexibility index (Phi) is 6.64. The Morgan fingerprint density at radius 2 is 1.55 bits per heavy atom. The van der Waals surface area contributed by atoms with E-state index in [1.807, 2.05) is 49.4 Å². The molecular weight excluding hydrogens is 410 g/mol. The van der Waals surface area contributed by atoms with E-state index in [1.54, 1.807) is 30.3 Å². The standard InChI is InChI=1S/C29H27NO3/c1-4-27(28(31)22-10-6-5-7-11-22)33-29(32)24-18-26(30-25-13-9-8-12-23(24)25)21-16-14-20(15-17-21)19(2)3/h5-19,27H,4H2,1-3H3. The zero-order chi connectivity index (χ0) is 23.4. The van der Waals surface area contributed by atoms with Gasteiger partial charge in [-0.2, -0.15) is 0 Å². The number of carbonyl (C=O) groups is 2. The number of pyridine rings is 1. The first-order valence-electron chi connectivity index (χ1n) is 11.3. The van der Waals surface area contributed by atoms with E-state index in [0.29, 0.717) is 40.1 Å². The lowest BCUT2D eigenvalue weighted by Gasteiger charge is -2.16. The SMILES string of the molecule is CCC(OC(=O)c1cc(-c2ccc(C(C)C)cc2)nc2ccccc12)C(=O)c1ccccc1. The van der Waals surface area contributed by atoms with Gasteiger partial charge in [-0.05, 0) is 30.0 Å². The van der Waals surface area contributed by atoms with E-state index in [4.69, 9.17) is 9.72 Å². The van der Waals surface area contributed by atoms with Crippen LogP contribution in [0.4, 0.5) is 0 Å². The third-order valence-corrected chi connectivity index (χ3v) is 5.78. The van der Waals surface area contributed by atoms with Crippen LogP contribution in [-0.2, 0) is 4.74 Å². The topological polar surface area (TPSA) is 56.3 Å². The van der Waals surface area contributed by atoms with E-state index in [1.165, 1.54) is 5.56 Å². The van der Waals surface area contributed by atoms with Crippen LogP contribution in [0.25, 0.3) is 22.2 Å². The second-order valence-electron chi connectivity index (χ2n) is 8.38. The summed E-state index contributed by atoms with van der Waals surface area (Å²) in [5.74, 6) is -0.290. The van der Waals surface area contributed by atoms with Crippen molar-refractivity contribution >= 4 is 22.7 Å². The zero-order valence-corrected chi connectivity index (χ0v) is 19.1. The molecule has 0 saturated carbocycles. The Bertz CT molecular complexity index is 1280. The first-order valence-corrected chi connectivity index (χ1v) is 11.3. The van der Waals surface area contributed by atoms with Gasteiger partial charge in [-0.1, -0.05) is 93.6 Å². The highest BCUT2D eigenvalue weighted by atomic mass is 16.5. The summed E-state index contributed by atoms with van der Waals surface area (Å²) in [5, 5.41) is 0.701. The predicted molar refractivity (Wildman–Crippen MR) is 132 cm³/mol. The molecule has 0 bridgehead atoms. The Balaban J connectivity index is 1.70. The molecule has 166 valence electrons. The van der Waals surface area contributed by atoms with E-state index in [-0.39, 0.29) is 5.78 Å². The zero-order valence-electron chi connectivity index (χ0n) is 19.1. The lowest BCUT2D eigenvalue weighted by Crippen LogP contribution is -2.27. The highest BCUT2D eigenvalue weighted by Crippen LogP contribution is 2.27. The van der Waals surface area contributed by atoms with Gasteiger partial charge in [0.2, 0.25) is 5.78 Å². The monoisotopic (exact) mass is 437 g/mol. The molecule has 1 aromatic heterocycles. The molecule has 1 atom stereocenters. The molecule has 4 nitrogen and oxygen atoms in total. The van der Waals surface area contributed by atoms with Crippen LogP contribution in [-0.4, -0.2) is 22.8 Å². The predicted octanol–water partition coefficient (Wildman–Crippen LogP) is 6.84. The number of ether oxygens (including phenoxy) is 1.